The molecule has 4 nitrogen and oxygen atoms in total. The van der Waals surface area contributed by atoms with Crippen LogP contribution in [0, 0.1) is 6.92 Å². The first kappa shape index (κ1) is 18.0. The van der Waals surface area contributed by atoms with Crippen LogP contribution < -0.4 is 0 Å². The van der Waals surface area contributed by atoms with Crippen molar-refractivity contribution in [2.24, 2.45) is 0 Å². The molecular weight excluding hydrogens is 334 g/mol. The van der Waals surface area contributed by atoms with Crippen molar-refractivity contribution in [3.05, 3.63) is 89.2 Å². The maximum atomic E-state index is 10.7. The Balaban J connectivity index is 1.54. The predicted molar refractivity (Wildman–Crippen MR) is 107 cm³/mol. The van der Waals surface area contributed by atoms with E-state index in [4.69, 9.17) is 0 Å². The molecule has 0 saturated heterocycles. The standard InChI is InChI=1S/C23H27N3O/c1-18-7-9-19(10-8-18)15-25(16-21(27)17-26-14-4-13-24-26)23-12-11-20-5-2-3-6-22(20)23/h2-10,13-14,21,23,27H,11-12,15-17H2,1H3. The summed E-state index contributed by atoms with van der Waals surface area (Å²) in [7, 11) is 0. The molecule has 0 spiro atoms. The second-order valence-corrected chi connectivity index (χ2v) is 7.55. The Morgan fingerprint density at radius 1 is 1.15 bits per heavy atom. The summed E-state index contributed by atoms with van der Waals surface area (Å²) in [5.74, 6) is 0. The minimum atomic E-state index is -0.455. The van der Waals surface area contributed by atoms with E-state index in [0.29, 0.717) is 19.1 Å². The molecule has 1 N–H and O–H groups in total. The summed E-state index contributed by atoms with van der Waals surface area (Å²) < 4.78 is 1.80. The highest BCUT2D eigenvalue weighted by atomic mass is 16.3. The van der Waals surface area contributed by atoms with Crippen LogP contribution in [0.4, 0.5) is 0 Å². The summed E-state index contributed by atoms with van der Waals surface area (Å²) in [5.41, 5.74) is 5.42. The number of aromatic nitrogens is 2. The Bertz CT molecular complexity index is 858. The molecule has 140 valence electrons. The number of aliphatic hydroxyl groups is 1. The van der Waals surface area contributed by atoms with Crippen LogP contribution in [0.5, 0.6) is 0 Å². The topological polar surface area (TPSA) is 41.3 Å². The first-order chi connectivity index (χ1) is 13.2. The predicted octanol–water partition coefficient (Wildman–Crippen LogP) is 3.74. The Kier molecular flexibility index (Phi) is 5.37. The van der Waals surface area contributed by atoms with E-state index in [2.05, 4.69) is 65.5 Å². The number of nitrogens with zero attached hydrogens (tertiary/aromatic N) is 3. The van der Waals surface area contributed by atoms with Gasteiger partial charge in [-0.15, -0.1) is 0 Å². The fourth-order valence-electron chi connectivity index (χ4n) is 4.10. The quantitative estimate of drug-likeness (QED) is 0.697. The third-order valence-electron chi connectivity index (χ3n) is 5.45. The molecular formula is C23H27N3O. The number of aliphatic hydroxyl groups excluding tert-OH is 1. The summed E-state index contributed by atoms with van der Waals surface area (Å²) in [6.07, 6.45) is 5.42. The van der Waals surface area contributed by atoms with E-state index in [1.54, 1.807) is 10.9 Å². The van der Waals surface area contributed by atoms with Crippen molar-refractivity contribution >= 4 is 0 Å². The molecule has 4 rings (SSSR count). The summed E-state index contributed by atoms with van der Waals surface area (Å²) >= 11 is 0. The number of aryl methyl sites for hydroxylation is 2. The highest BCUT2D eigenvalue weighted by Crippen LogP contribution is 2.36. The molecule has 1 heterocycles. The molecule has 2 unspecified atom stereocenters. The normalized spacial score (nSPS) is 17.2. The van der Waals surface area contributed by atoms with Crippen LogP contribution in [-0.2, 0) is 19.5 Å². The molecule has 0 saturated carbocycles. The van der Waals surface area contributed by atoms with Gasteiger partial charge < -0.3 is 5.11 Å². The van der Waals surface area contributed by atoms with Crippen LogP contribution in [0.15, 0.2) is 67.0 Å². The summed E-state index contributed by atoms with van der Waals surface area (Å²) in [5, 5.41) is 14.9. The fraction of sp³-hybridized carbons (Fsp3) is 0.348. The lowest BCUT2D eigenvalue weighted by Crippen LogP contribution is -2.36. The van der Waals surface area contributed by atoms with Crippen molar-refractivity contribution in [3.63, 3.8) is 0 Å². The van der Waals surface area contributed by atoms with E-state index in [9.17, 15) is 5.11 Å². The Morgan fingerprint density at radius 3 is 2.74 bits per heavy atom. The smallest absolute Gasteiger partial charge is 0.0863 e. The maximum Gasteiger partial charge on any atom is 0.0863 e. The Labute approximate surface area is 161 Å². The lowest BCUT2D eigenvalue weighted by atomic mass is 10.0. The van der Waals surface area contributed by atoms with E-state index in [-0.39, 0.29) is 0 Å². The van der Waals surface area contributed by atoms with E-state index < -0.39 is 6.10 Å². The zero-order chi connectivity index (χ0) is 18.6. The van der Waals surface area contributed by atoms with Crippen molar-refractivity contribution < 1.29 is 5.11 Å². The van der Waals surface area contributed by atoms with E-state index in [1.165, 1.54) is 22.3 Å². The van der Waals surface area contributed by atoms with Crippen molar-refractivity contribution in [2.45, 2.75) is 45.0 Å². The summed E-state index contributed by atoms with van der Waals surface area (Å²) in [6, 6.07) is 19.7. The first-order valence-electron chi connectivity index (χ1n) is 9.72. The Hall–Kier alpha value is -2.43. The average molecular weight is 361 g/mol. The van der Waals surface area contributed by atoms with Gasteiger partial charge in [-0.3, -0.25) is 9.58 Å². The van der Waals surface area contributed by atoms with Gasteiger partial charge in [0.1, 0.15) is 0 Å². The lowest BCUT2D eigenvalue weighted by molar-refractivity contribution is 0.0679. The number of hydrogen-bond donors (Lipinski definition) is 1. The number of hydrogen-bond acceptors (Lipinski definition) is 3. The minimum Gasteiger partial charge on any atom is -0.390 e. The number of benzene rings is 2. The molecule has 4 heteroatoms. The number of rotatable bonds is 7. The molecule has 0 bridgehead atoms. The van der Waals surface area contributed by atoms with Gasteiger partial charge in [0.25, 0.3) is 0 Å². The summed E-state index contributed by atoms with van der Waals surface area (Å²) in [4.78, 5) is 2.44. The monoisotopic (exact) mass is 361 g/mol. The molecule has 3 aromatic rings. The largest absolute Gasteiger partial charge is 0.390 e. The average Bonchev–Trinajstić information content (AvgIpc) is 3.32. The molecule has 2 atom stereocenters. The first-order valence-corrected chi connectivity index (χ1v) is 9.72. The van der Waals surface area contributed by atoms with E-state index >= 15 is 0 Å². The molecule has 1 aliphatic rings. The van der Waals surface area contributed by atoms with Gasteiger partial charge in [-0.2, -0.15) is 5.10 Å². The molecule has 1 aliphatic carbocycles. The van der Waals surface area contributed by atoms with Gasteiger partial charge in [0, 0.05) is 31.5 Å². The van der Waals surface area contributed by atoms with Crippen molar-refractivity contribution in [1.82, 2.24) is 14.7 Å². The van der Waals surface area contributed by atoms with Crippen LogP contribution in [0.1, 0.15) is 34.7 Å². The van der Waals surface area contributed by atoms with Crippen LogP contribution >= 0.6 is 0 Å². The molecule has 0 amide bonds. The van der Waals surface area contributed by atoms with E-state index in [1.807, 2.05) is 12.3 Å². The zero-order valence-corrected chi connectivity index (χ0v) is 15.8. The van der Waals surface area contributed by atoms with Crippen molar-refractivity contribution in [1.29, 1.82) is 0 Å². The summed E-state index contributed by atoms with van der Waals surface area (Å²) in [6.45, 7) is 4.11. The second kappa shape index (κ2) is 8.07. The van der Waals surface area contributed by atoms with Gasteiger partial charge in [0.2, 0.25) is 0 Å². The third-order valence-corrected chi connectivity index (χ3v) is 5.45. The molecule has 2 aromatic carbocycles. The zero-order valence-electron chi connectivity index (χ0n) is 15.8. The fourth-order valence-corrected chi connectivity index (χ4v) is 4.10. The number of fused-ring (bicyclic) bond motifs is 1. The highest BCUT2D eigenvalue weighted by Gasteiger charge is 2.29. The van der Waals surface area contributed by atoms with Crippen LogP contribution in [0.25, 0.3) is 0 Å². The van der Waals surface area contributed by atoms with Crippen molar-refractivity contribution in [2.75, 3.05) is 6.54 Å². The highest BCUT2D eigenvalue weighted by molar-refractivity contribution is 5.34. The van der Waals surface area contributed by atoms with Gasteiger partial charge in [-0.05, 0) is 42.5 Å². The molecule has 0 aliphatic heterocycles. The molecule has 1 aromatic heterocycles. The van der Waals surface area contributed by atoms with E-state index in [0.717, 1.165) is 19.4 Å². The van der Waals surface area contributed by atoms with Gasteiger partial charge >= 0.3 is 0 Å². The molecule has 27 heavy (non-hydrogen) atoms. The third kappa shape index (κ3) is 4.29. The molecule has 0 fully saturated rings. The van der Waals surface area contributed by atoms with Crippen LogP contribution in [0.2, 0.25) is 0 Å². The van der Waals surface area contributed by atoms with Gasteiger partial charge in [0.05, 0.1) is 12.6 Å². The Morgan fingerprint density at radius 2 is 1.96 bits per heavy atom. The second-order valence-electron chi connectivity index (χ2n) is 7.55. The lowest BCUT2D eigenvalue weighted by Gasteiger charge is -2.31. The van der Waals surface area contributed by atoms with Gasteiger partial charge in [0.15, 0.2) is 0 Å². The molecule has 0 radical (unpaired) electrons. The SMILES string of the molecule is Cc1ccc(CN(CC(O)Cn2cccn2)C2CCc3ccccc32)cc1. The van der Waals surface area contributed by atoms with Crippen LogP contribution in [0.3, 0.4) is 0 Å². The van der Waals surface area contributed by atoms with Gasteiger partial charge in [-0.1, -0.05) is 54.1 Å². The van der Waals surface area contributed by atoms with Gasteiger partial charge in [-0.25, -0.2) is 0 Å². The van der Waals surface area contributed by atoms with Crippen LogP contribution in [-0.4, -0.2) is 32.4 Å². The maximum absolute atomic E-state index is 10.7. The van der Waals surface area contributed by atoms with Crippen molar-refractivity contribution in [3.8, 4) is 0 Å². The minimum absolute atomic E-state index is 0.356.